The Balaban J connectivity index is 1.67. The van der Waals surface area contributed by atoms with Gasteiger partial charge in [-0.05, 0) is 68.3 Å². The summed E-state index contributed by atoms with van der Waals surface area (Å²) < 4.78 is 6.92. The molecule has 3 aromatic carbocycles. The van der Waals surface area contributed by atoms with Gasteiger partial charge in [-0.3, -0.25) is 4.57 Å². The standard InChI is InChI=1S/C26H24N2O4/c1-26(2,3)32-25(31)28-14-13-19-15-20(10-12-23(19)28)27-22-16-18(9-11-21(22)24(29)30)17-7-5-4-6-8-17/h4-16,27H,1-3H3,(H,29,30). The number of aromatic carboxylic acids is 1. The Morgan fingerprint density at radius 3 is 2.34 bits per heavy atom. The molecule has 162 valence electrons. The van der Waals surface area contributed by atoms with Crippen LogP contribution < -0.4 is 5.32 Å². The van der Waals surface area contributed by atoms with Crippen LogP contribution in [-0.2, 0) is 4.74 Å². The average Bonchev–Trinajstić information content (AvgIpc) is 3.16. The summed E-state index contributed by atoms with van der Waals surface area (Å²) in [6.07, 6.45) is 1.22. The maximum atomic E-state index is 12.5. The van der Waals surface area contributed by atoms with E-state index in [1.54, 1.807) is 18.3 Å². The molecule has 0 fully saturated rings. The van der Waals surface area contributed by atoms with Gasteiger partial charge in [0.1, 0.15) is 5.60 Å². The molecule has 4 aromatic rings. The highest BCUT2D eigenvalue weighted by molar-refractivity contribution is 5.97. The van der Waals surface area contributed by atoms with E-state index in [9.17, 15) is 14.7 Å². The molecule has 6 heteroatoms. The summed E-state index contributed by atoms with van der Waals surface area (Å²) in [5, 5.41) is 13.7. The second-order valence-corrected chi connectivity index (χ2v) is 8.50. The number of hydrogen-bond donors (Lipinski definition) is 2. The third-order valence-corrected chi connectivity index (χ3v) is 4.92. The normalized spacial score (nSPS) is 11.3. The van der Waals surface area contributed by atoms with E-state index < -0.39 is 17.7 Å². The van der Waals surface area contributed by atoms with Crippen LogP contribution in [-0.4, -0.2) is 27.3 Å². The summed E-state index contributed by atoms with van der Waals surface area (Å²) in [6, 6.07) is 22.3. The van der Waals surface area contributed by atoms with E-state index >= 15 is 0 Å². The molecule has 6 nitrogen and oxygen atoms in total. The first-order valence-electron chi connectivity index (χ1n) is 10.3. The molecule has 0 amide bonds. The van der Waals surface area contributed by atoms with Crippen molar-refractivity contribution in [1.29, 1.82) is 0 Å². The smallest absolute Gasteiger partial charge is 0.418 e. The first kappa shape index (κ1) is 21.2. The monoisotopic (exact) mass is 428 g/mol. The van der Waals surface area contributed by atoms with Crippen molar-refractivity contribution in [3.8, 4) is 11.1 Å². The molecule has 32 heavy (non-hydrogen) atoms. The fraction of sp³-hybridized carbons (Fsp3) is 0.154. The van der Waals surface area contributed by atoms with Gasteiger partial charge >= 0.3 is 12.1 Å². The van der Waals surface area contributed by atoms with Gasteiger partial charge in [0.2, 0.25) is 0 Å². The third-order valence-electron chi connectivity index (χ3n) is 4.92. The van der Waals surface area contributed by atoms with E-state index in [-0.39, 0.29) is 5.56 Å². The van der Waals surface area contributed by atoms with Gasteiger partial charge in [0.15, 0.2) is 0 Å². The Hall–Kier alpha value is -4.06. The van der Waals surface area contributed by atoms with Crippen molar-refractivity contribution in [2.45, 2.75) is 26.4 Å². The van der Waals surface area contributed by atoms with Crippen LogP contribution in [0.25, 0.3) is 22.0 Å². The minimum absolute atomic E-state index is 0.177. The van der Waals surface area contributed by atoms with Gasteiger partial charge in [-0.15, -0.1) is 0 Å². The maximum Gasteiger partial charge on any atom is 0.418 e. The lowest BCUT2D eigenvalue weighted by molar-refractivity contribution is 0.0543. The quantitative estimate of drug-likeness (QED) is 0.386. The molecule has 0 aliphatic heterocycles. The summed E-state index contributed by atoms with van der Waals surface area (Å²) in [6.45, 7) is 5.46. The van der Waals surface area contributed by atoms with Crippen LogP contribution in [0.3, 0.4) is 0 Å². The molecule has 0 bridgehead atoms. The van der Waals surface area contributed by atoms with Crippen molar-refractivity contribution in [2.24, 2.45) is 0 Å². The molecule has 0 atom stereocenters. The fourth-order valence-electron chi connectivity index (χ4n) is 3.49. The van der Waals surface area contributed by atoms with Gasteiger partial charge in [0.05, 0.1) is 16.8 Å². The number of carboxylic acids is 1. The zero-order valence-electron chi connectivity index (χ0n) is 18.1. The van der Waals surface area contributed by atoms with Gasteiger partial charge < -0.3 is 15.2 Å². The van der Waals surface area contributed by atoms with Crippen LogP contribution in [0.5, 0.6) is 0 Å². The average molecular weight is 428 g/mol. The number of benzene rings is 3. The number of carbonyl (C=O) groups is 2. The Kier molecular flexibility index (Phi) is 5.45. The second-order valence-electron chi connectivity index (χ2n) is 8.50. The predicted molar refractivity (Wildman–Crippen MR) is 126 cm³/mol. The van der Waals surface area contributed by atoms with Crippen LogP contribution in [0.1, 0.15) is 31.1 Å². The topological polar surface area (TPSA) is 80.6 Å². The van der Waals surface area contributed by atoms with Crippen LogP contribution in [0.15, 0.2) is 79.0 Å². The molecule has 0 unspecified atom stereocenters. The Morgan fingerprint density at radius 2 is 1.66 bits per heavy atom. The van der Waals surface area contributed by atoms with Crippen molar-refractivity contribution in [3.05, 3.63) is 84.6 Å². The van der Waals surface area contributed by atoms with Crippen molar-refractivity contribution in [2.75, 3.05) is 5.32 Å². The highest BCUT2D eigenvalue weighted by atomic mass is 16.6. The number of nitrogens with zero attached hydrogens (tertiary/aromatic N) is 1. The lowest BCUT2D eigenvalue weighted by atomic mass is 10.0. The molecule has 4 rings (SSSR count). The molecular formula is C26H24N2O4. The summed E-state index contributed by atoms with van der Waals surface area (Å²) >= 11 is 0. The van der Waals surface area contributed by atoms with E-state index in [0.29, 0.717) is 16.9 Å². The number of rotatable bonds is 4. The van der Waals surface area contributed by atoms with Crippen LogP contribution in [0.4, 0.5) is 16.2 Å². The van der Waals surface area contributed by atoms with Crippen LogP contribution >= 0.6 is 0 Å². The molecule has 0 aliphatic carbocycles. The Labute approximate surface area is 186 Å². The van der Waals surface area contributed by atoms with E-state index in [0.717, 1.165) is 16.5 Å². The molecule has 2 N–H and O–H groups in total. The number of carboxylic acid groups (broad SMARTS) is 1. The van der Waals surface area contributed by atoms with Gasteiger partial charge in [-0.1, -0.05) is 36.4 Å². The summed E-state index contributed by atoms with van der Waals surface area (Å²) in [5.74, 6) is -1.01. The predicted octanol–water partition coefficient (Wildman–Crippen LogP) is 6.53. The molecular weight excluding hydrogens is 404 g/mol. The van der Waals surface area contributed by atoms with Crippen molar-refractivity contribution in [3.63, 3.8) is 0 Å². The summed E-state index contributed by atoms with van der Waals surface area (Å²) in [4.78, 5) is 24.2. The number of ether oxygens (including phenoxy) is 1. The number of anilines is 2. The van der Waals surface area contributed by atoms with E-state index in [1.165, 1.54) is 4.57 Å². The molecule has 0 saturated carbocycles. The van der Waals surface area contributed by atoms with Gasteiger partial charge in [-0.2, -0.15) is 0 Å². The van der Waals surface area contributed by atoms with E-state index in [1.807, 2.05) is 81.4 Å². The second kappa shape index (κ2) is 8.23. The van der Waals surface area contributed by atoms with Crippen molar-refractivity contribution >= 4 is 34.3 Å². The SMILES string of the molecule is CC(C)(C)OC(=O)n1ccc2cc(Nc3cc(-c4ccccc4)ccc3C(=O)O)ccc21. The molecule has 0 saturated heterocycles. The molecule has 0 aliphatic rings. The van der Waals surface area contributed by atoms with E-state index in [2.05, 4.69) is 5.32 Å². The lowest BCUT2D eigenvalue weighted by Crippen LogP contribution is -2.26. The number of nitrogens with one attached hydrogen (secondary N) is 1. The largest absolute Gasteiger partial charge is 0.478 e. The first-order valence-corrected chi connectivity index (χ1v) is 10.3. The van der Waals surface area contributed by atoms with Crippen LogP contribution in [0.2, 0.25) is 0 Å². The zero-order chi connectivity index (χ0) is 22.9. The molecule has 1 heterocycles. The number of fused-ring (bicyclic) bond motifs is 1. The Morgan fingerprint density at radius 1 is 0.906 bits per heavy atom. The van der Waals surface area contributed by atoms with Crippen LogP contribution in [0, 0.1) is 0 Å². The highest BCUT2D eigenvalue weighted by Crippen LogP contribution is 2.30. The lowest BCUT2D eigenvalue weighted by Gasteiger charge is -2.19. The number of carbonyl (C=O) groups excluding carboxylic acids is 1. The first-order chi connectivity index (χ1) is 15.2. The van der Waals surface area contributed by atoms with Crippen molar-refractivity contribution in [1.82, 2.24) is 4.57 Å². The van der Waals surface area contributed by atoms with Gasteiger partial charge in [0.25, 0.3) is 0 Å². The molecule has 0 radical (unpaired) electrons. The third kappa shape index (κ3) is 4.49. The molecule has 0 spiro atoms. The highest BCUT2D eigenvalue weighted by Gasteiger charge is 2.19. The van der Waals surface area contributed by atoms with Gasteiger partial charge in [-0.25, -0.2) is 9.59 Å². The zero-order valence-corrected chi connectivity index (χ0v) is 18.1. The minimum Gasteiger partial charge on any atom is -0.478 e. The minimum atomic E-state index is -1.01. The maximum absolute atomic E-state index is 12.5. The summed E-state index contributed by atoms with van der Waals surface area (Å²) in [7, 11) is 0. The van der Waals surface area contributed by atoms with Gasteiger partial charge in [0, 0.05) is 17.3 Å². The fourth-order valence-corrected chi connectivity index (χ4v) is 3.49. The Bertz CT molecular complexity index is 1300. The van der Waals surface area contributed by atoms with E-state index in [4.69, 9.17) is 4.74 Å². The molecule has 1 aromatic heterocycles. The van der Waals surface area contributed by atoms with Crippen molar-refractivity contribution < 1.29 is 19.4 Å². The summed E-state index contributed by atoms with van der Waals surface area (Å²) in [5.41, 5.74) is 3.41. The number of aromatic nitrogens is 1. The number of hydrogen-bond acceptors (Lipinski definition) is 4.